The fourth-order valence-corrected chi connectivity index (χ4v) is 10.2. The van der Waals surface area contributed by atoms with Gasteiger partial charge in [-0.2, -0.15) is 0 Å². The minimum atomic E-state index is -0.394. The van der Waals surface area contributed by atoms with E-state index in [1.165, 1.54) is 13.3 Å². The van der Waals surface area contributed by atoms with Crippen molar-refractivity contribution < 1.29 is 42.8 Å². The van der Waals surface area contributed by atoms with Gasteiger partial charge >= 0.3 is 18.2 Å². The molecule has 378 valence electrons. The van der Waals surface area contributed by atoms with Gasteiger partial charge in [-0.15, -0.1) is 0 Å². The minimum absolute atomic E-state index is 0.117. The fraction of sp³-hybridized carbons (Fsp3) is 0.722. The molecule has 9 unspecified atom stereocenters. The van der Waals surface area contributed by atoms with Crippen molar-refractivity contribution in [1.29, 1.82) is 0 Å². The maximum atomic E-state index is 13.3. The van der Waals surface area contributed by atoms with Gasteiger partial charge in [0.25, 0.3) is 0 Å². The Morgan fingerprint density at radius 3 is 1.35 bits per heavy atom. The van der Waals surface area contributed by atoms with Gasteiger partial charge in [-0.1, -0.05) is 51.5 Å². The number of hydrogen-bond donors (Lipinski definition) is 2. The smallest absolute Gasteiger partial charge is 0.407 e. The maximum absolute atomic E-state index is 13.3. The number of benzene rings is 2. The number of unbranched alkanes of at least 4 members (excludes halogenated alkanes) is 1. The Morgan fingerprint density at radius 2 is 0.985 bits per heavy atom. The molecule has 2 amide bonds. The molecule has 2 aromatic rings. The summed E-state index contributed by atoms with van der Waals surface area (Å²) in [5.41, 5.74) is 2.01. The van der Waals surface area contributed by atoms with Crippen molar-refractivity contribution in [3.8, 4) is 11.5 Å². The summed E-state index contributed by atoms with van der Waals surface area (Å²) in [6.45, 7) is 21.4. The molecule has 2 aromatic carbocycles. The van der Waals surface area contributed by atoms with Crippen LogP contribution in [0.15, 0.2) is 48.5 Å². The lowest BCUT2D eigenvalue weighted by Gasteiger charge is -2.34. The summed E-state index contributed by atoms with van der Waals surface area (Å²) < 4.78 is 35.6. The van der Waals surface area contributed by atoms with Crippen molar-refractivity contribution in [2.24, 2.45) is 11.8 Å². The van der Waals surface area contributed by atoms with Gasteiger partial charge in [0.15, 0.2) is 6.10 Å². The van der Waals surface area contributed by atoms with Crippen LogP contribution in [0.2, 0.25) is 0 Å². The van der Waals surface area contributed by atoms with Crippen molar-refractivity contribution in [2.75, 3.05) is 65.7 Å². The average molecular weight is 946 g/mol. The lowest BCUT2D eigenvalue weighted by atomic mass is 9.76. The number of esters is 1. The normalized spacial score (nSPS) is 28.8. The lowest BCUT2D eigenvalue weighted by Crippen LogP contribution is -2.42. The van der Waals surface area contributed by atoms with Crippen molar-refractivity contribution in [1.82, 2.24) is 25.3 Å². The first-order valence-corrected chi connectivity index (χ1v) is 26.1. The highest BCUT2D eigenvalue weighted by atomic mass is 16.6. The molecule has 2 saturated carbocycles. The van der Waals surface area contributed by atoms with Crippen LogP contribution in [0.3, 0.4) is 0 Å². The minimum Gasteiger partial charge on any atom is -0.490 e. The van der Waals surface area contributed by atoms with Gasteiger partial charge in [0.05, 0.1) is 6.61 Å². The van der Waals surface area contributed by atoms with Crippen LogP contribution in [0.25, 0.3) is 0 Å². The van der Waals surface area contributed by atoms with Gasteiger partial charge in [0, 0.05) is 88.4 Å². The van der Waals surface area contributed by atoms with Gasteiger partial charge in [-0.25, -0.2) is 9.59 Å². The first kappa shape index (κ1) is 51.7. The highest BCUT2D eigenvalue weighted by Gasteiger charge is 2.36. The first-order chi connectivity index (χ1) is 32.7. The van der Waals surface area contributed by atoms with Crippen LogP contribution in [-0.2, 0) is 29.2 Å². The van der Waals surface area contributed by atoms with Crippen molar-refractivity contribution in [3.05, 3.63) is 59.7 Å². The lowest BCUT2D eigenvalue weighted by molar-refractivity contribution is -0.148. The Bertz CT molecular complexity index is 1880. The highest BCUT2D eigenvalue weighted by Crippen LogP contribution is 2.36. The molecule has 0 spiro atoms. The molecule has 3 heterocycles. The molecule has 3 aliphatic heterocycles. The molecule has 14 nitrogen and oxygen atoms in total. The Hall–Kier alpha value is -4.11. The van der Waals surface area contributed by atoms with E-state index in [2.05, 4.69) is 91.1 Å². The number of ether oxygens (including phenoxy) is 6. The molecule has 68 heavy (non-hydrogen) atoms. The van der Waals surface area contributed by atoms with Gasteiger partial charge in [0.2, 0.25) is 0 Å². The van der Waals surface area contributed by atoms with E-state index in [9.17, 15) is 14.4 Å². The van der Waals surface area contributed by atoms with E-state index in [4.69, 9.17) is 28.4 Å². The molecule has 0 aromatic heterocycles. The van der Waals surface area contributed by atoms with E-state index in [1.54, 1.807) is 0 Å². The zero-order valence-electron chi connectivity index (χ0n) is 42.3. The molecule has 9 atom stereocenters. The molecule has 0 radical (unpaired) electrons. The molecule has 5 aliphatic rings. The Balaban J connectivity index is 0.792. The van der Waals surface area contributed by atoms with Crippen LogP contribution in [0, 0.1) is 11.8 Å². The Labute approximate surface area is 406 Å². The number of carbonyl (C=O) groups excluding carboxylic acids is 3. The first-order valence-electron chi connectivity index (χ1n) is 26.1. The Morgan fingerprint density at radius 1 is 0.603 bits per heavy atom. The summed E-state index contributed by atoms with van der Waals surface area (Å²) >= 11 is 0. The number of alkyl carbamates (subject to hydrolysis) is 2. The monoisotopic (exact) mass is 946 g/mol. The predicted molar refractivity (Wildman–Crippen MR) is 263 cm³/mol. The molecular weight excluding hydrogens is 863 g/mol. The van der Waals surface area contributed by atoms with Crippen LogP contribution in [0.5, 0.6) is 11.5 Å². The van der Waals surface area contributed by atoms with E-state index in [0.29, 0.717) is 62.9 Å². The molecule has 7 rings (SSSR count). The maximum Gasteiger partial charge on any atom is 0.407 e. The number of rotatable bonds is 26. The number of nitrogens with one attached hydrogen (secondary N) is 2. The van der Waals surface area contributed by atoms with Gasteiger partial charge in [0.1, 0.15) is 36.9 Å². The predicted octanol–water partition coefficient (Wildman–Crippen LogP) is 8.33. The molecule has 2 N–H and O–H groups in total. The third kappa shape index (κ3) is 16.5. The molecular formula is C54H83N5O9. The third-order valence-corrected chi connectivity index (χ3v) is 15.1. The van der Waals surface area contributed by atoms with Crippen molar-refractivity contribution in [2.45, 2.75) is 173 Å². The quantitative estimate of drug-likeness (QED) is 0.0406. The second-order valence-electron chi connectivity index (χ2n) is 21.4. The van der Waals surface area contributed by atoms with Crippen molar-refractivity contribution >= 4 is 18.2 Å². The zero-order valence-corrected chi connectivity index (χ0v) is 42.3. The zero-order chi connectivity index (χ0) is 48.2. The number of amides is 2. The largest absolute Gasteiger partial charge is 0.490 e. The van der Waals surface area contributed by atoms with Gasteiger partial charge in [-0.3, -0.25) is 19.5 Å². The summed E-state index contributed by atoms with van der Waals surface area (Å²) in [7, 11) is 0. The molecule has 14 heteroatoms. The SMILES string of the molecule is CCCCOCC(CN1CC1C)OC(=O)NC1CCC(CC2CCC(NC(=O)OC(COc3ccc(C(C)(C)c4ccc(OCC(CN5CC5C)OC(C)=O)cc4)cc3)CN3CC3C)CC2)CC1. The van der Waals surface area contributed by atoms with Gasteiger partial charge < -0.3 is 39.1 Å². The summed E-state index contributed by atoms with van der Waals surface area (Å²) in [5.74, 6) is 2.51. The summed E-state index contributed by atoms with van der Waals surface area (Å²) in [4.78, 5) is 44.7. The average Bonchev–Trinajstić information content (AvgIpc) is 4.28. The summed E-state index contributed by atoms with van der Waals surface area (Å²) in [6.07, 6.45) is 10.1. The van der Waals surface area contributed by atoms with E-state index >= 15 is 0 Å². The molecule has 2 aliphatic carbocycles. The number of carbonyl (C=O) groups is 3. The van der Waals surface area contributed by atoms with E-state index in [0.717, 1.165) is 113 Å². The van der Waals surface area contributed by atoms with Crippen molar-refractivity contribution in [3.63, 3.8) is 0 Å². The fourth-order valence-electron chi connectivity index (χ4n) is 10.2. The standard InChI is InChI=1S/C54H83N5O9/c1-8-9-26-63-34-49(31-57-28-37(57)2)67-52(61)55-45-18-10-41(11-19-45)27-42-12-20-46(21-13-42)56-53(62)68-51(33-59-30-39(59)4)36-65-48-24-16-44(17-25-48)54(6,7)43-14-22-47(23-15-43)64-35-50(66-40(5)60)32-58-29-38(58)3/h14-17,22-25,37-39,41-42,45-46,49-51H,8-13,18-21,26-36H2,1-7H3,(H,55,61)(H,56,62). The van der Waals surface area contributed by atoms with Gasteiger partial charge in [-0.05, 0) is 132 Å². The highest BCUT2D eigenvalue weighted by molar-refractivity contribution is 5.68. The van der Waals surface area contributed by atoms with Crippen LogP contribution in [0.1, 0.15) is 130 Å². The molecule has 5 fully saturated rings. The molecule has 0 bridgehead atoms. The van der Waals surface area contributed by atoms with Crippen LogP contribution < -0.4 is 20.1 Å². The van der Waals surface area contributed by atoms with Crippen LogP contribution in [-0.4, -0.2) is 147 Å². The number of hydrogen-bond acceptors (Lipinski definition) is 12. The van der Waals surface area contributed by atoms with E-state index < -0.39 is 6.10 Å². The molecule has 3 saturated heterocycles. The van der Waals surface area contributed by atoms with Crippen LogP contribution >= 0.6 is 0 Å². The number of nitrogens with zero attached hydrogens (tertiary/aromatic N) is 3. The Kier molecular flexibility index (Phi) is 18.7. The van der Waals surface area contributed by atoms with Crippen LogP contribution in [0.4, 0.5) is 9.59 Å². The summed E-state index contributed by atoms with van der Waals surface area (Å²) in [5, 5.41) is 6.36. The second-order valence-corrected chi connectivity index (χ2v) is 21.4. The van der Waals surface area contributed by atoms with E-state index in [1.807, 2.05) is 24.3 Å². The summed E-state index contributed by atoms with van der Waals surface area (Å²) in [6, 6.07) is 18.1. The second kappa shape index (κ2) is 24.6. The topological polar surface area (TPSA) is 140 Å². The third-order valence-electron chi connectivity index (χ3n) is 15.1. The van der Waals surface area contributed by atoms with E-state index in [-0.39, 0.29) is 54.5 Å².